The molecule has 19 heavy (non-hydrogen) atoms. The van der Waals surface area contributed by atoms with Crippen LogP contribution in [0.2, 0.25) is 0 Å². The second kappa shape index (κ2) is 6.33. The molecule has 5 heteroatoms. The van der Waals surface area contributed by atoms with Gasteiger partial charge in [-0.25, -0.2) is 4.79 Å². The Hall–Kier alpha value is -1.88. The predicted molar refractivity (Wildman–Crippen MR) is 73.7 cm³/mol. The predicted octanol–water partition coefficient (Wildman–Crippen LogP) is 3.42. The molecule has 1 N–H and O–H groups in total. The van der Waals surface area contributed by atoms with Gasteiger partial charge in [0.2, 0.25) is 0 Å². The molecule has 0 unspecified atom stereocenters. The standard InChI is InChI=1S/C14H14O4S/c1-17-13-5-4-10(7-12(13)14(15)16)8-19-9-11-3-2-6-18-11/h2-7H,8-9H2,1H3,(H,15,16). The largest absolute Gasteiger partial charge is 0.496 e. The summed E-state index contributed by atoms with van der Waals surface area (Å²) in [5.74, 6) is 1.81. The molecule has 0 bridgehead atoms. The van der Waals surface area contributed by atoms with Gasteiger partial charge >= 0.3 is 5.97 Å². The van der Waals surface area contributed by atoms with Crippen LogP contribution in [0.25, 0.3) is 0 Å². The van der Waals surface area contributed by atoms with Gasteiger partial charge in [0, 0.05) is 5.75 Å². The molecule has 1 heterocycles. The number of aromatic carboxylic acids is 1. The van der Waals surface area contributed by atoms with Crippen LogP contribution in [-0.2, 0) is 11.5 Å². The van der Waals surface area contributed by atoms with E-state index in [9.17, 15) is 4.79 Å². The van der Waals surface area contributed by atoms with Crippen molar-refractivity contribution in [3.8, 4) is 5.75 Å². The number of furan rings is 1. The first-order chi connectivity index (χ1) is 9.20. The molecule has 0 aliphatic rings. The van der Waals surface area contributed by atoms with Crippen molar-refractivity contribution >= 4 is 17.7 Å². The van der Waals surface area contributed by atoms with E-state index < -0.39 is 5.97 Å². The van der Waals surface area contributed by atoms with Crippen molar-refractivity contribution in [3.63, 3.8) is 0 Å². The summed E-state index contributed by atoms with van der Waals surface area (Å²) in [4.78, 5) is 11.1. The van der Waals surface area contributed by atoms with Gasteiger partial charge in [0.15, 0.2) is 0 Å². The lowest BCUT2D eigenvalue weighted by Crippen LogP contribution is -2.01. The van der Waals surface area contributed by atoms with Crippen LogP contribution < -0.4 is 4.74 Å². The fourth-order valence-electron chi connectivity index (χ4n) is 1.68. The molecule has 1 aromatic heterocycles. The molecule has 0 atom stereocenters. The molecule has 0 radical (unpaired) electrons. The highest BCUT2D eigenvalue weighted by Gasteiger charge is 2.11. The van der Waals surface area contributed by atoms with E-state index in [0.717, 1.165) is 22.8 Å². The van der Waals surface area contributed by atoms with E-state index in [1.54, 1.807) is 30.2 Å². The van der Waals surface area contributed by atoms with Gasteiger partial charge in [-0.3, -0.25) is 0 Å². The third-order valence-corrected chi connectivity index (χ3v) is 3.61. The van der Waals surface area contributed by atoms with Crippen LogP contribution in [0.15, 0.2) is 41.0 Å². The molecular weight excluding hydrogens is 264 g/mol. The number of hydrogen-bond acceptors (Lipinski definition) is 4. The molecule has 0 saturated heterocycles. The summed E-state index contributed by atoms with van der Waals surface area (Å²) in [5, 5.41) is 9.10. The maximum atomic E-state index is 11.1. The summed E-state index contributed by atoms with van der Waals surface area (Å²) in [7, 11) is 1.47. The quantitative estimate of drug-likeness (QED) is 0.877. The Morgan fingerprint density at radius 2 is 2.21 bits per heavy atom. The van der Waals surface area contributed by atoms with Crippen LogP contribution in [0, 0.1) is 0 Å². The van der Waals surface area contributed by atoms with Crippen molar-refractivity contribution in [2.24, 2.45) is 0 Å². The summed E-state index contributed by atoms with van der Waals surface area (Å²) < 4.78 is 10.3. The van der Waals surface area contributed by atoms with Gasteiger partial charge in [-0.05, 0) is 29.8 Å². The third-order valence-electron chi connectivity index (χ3n) is 2.59. The molecule has 2 aromatic rings. The Bertz CT molecular complexity index is 549. The van der Waals surface area contributed by atoms with Gasteiger partial charge in [-0.1, -0.05) is 6.07 Å². The van der Waals surface area contributed by atoms with E-state index in [0.29, 0.717) is 5.75 Å². The molecule has 0 aliphatic carbocycles. The zero-order valence-electron chi connectivity index (χ0n) is 10.5. The highest BCUT2D eigenvalue weighted by molar-refractivity contribution is 7.97. The zero-order valence-corrected chi connectivity index (χ0v) is 11.3. The van der Waals surface area contributed by atoms with Crippen LogP contribution in [0.1, 0.15) is 21.7 Å². The Labute approximate surface area is 115 Å². The highest BCUT2D eigenvalue weighted by Crippen LogP contribution is 2.24. The van der Waals surface area contributed by atoms with Gasteiger partial charge in [-0.2, -0.15) is 0 Å². The molecule has 0 aliphatic heterocycles. The van der Waals surface area contributed by atoms with Crippen LogP contribution in [0.5, 0.6) is 5.75 Å². The Morgan fingerprint density at radius 3 is 2.84 bits per heavy atom. The normalized spacial score (nSPS) is 10.4. The average Bonchev–Trinajstić information content (AvgIpc) is 2.91. The van der Waals surface area contributed by atoms with Crippen molar-refractivity contribution < 1.29 is 19.1 Å². The maximum absolute atomic E-state index is 11.1. The minimum Gasteiger partial charge on any atom is -0.496 e. The molecule has 100 valence electrons. The maximum Gasteiger partial charge on any atom is 0.339 e. The molecule has 1 aromatic carbocycles. The Kier molecular flexibility index (Phi) is 4.52. The Balaban J connectivity index is 2.00. The Morgan fingerprint density at radius 1 is 1.37 bits per heavy atom. The van der Waals surface area contributed by atoms with E-state index in [1.807, 2.05) is 18.2 Å². The smallest absolute Gasteiger partial charge is 0.339 e. The molecule has 2 rings (SSSR count). The van der Waals surface area contributed by atoms with Gasteiger partial charge < -0.3 is 14.3 Å². The second-order valence-corrected chi connectivity index (χ2v) is 4.90. The molecule has 0 amide bonds. The molecule has 0 fully saturated rings. The monoisotopic (exact) mass is 278 g/mol. The summed E-state index contributed by atoms with van der Waals surface area (Å²) in [6.07, 6.45) is 1.64. The second-order valence-electron chi connectivity index (χ2n) is 3.91. The minimum absolute atomic E-state index is 0.193. The number of benzene rings is 1. The zero-order chi connectivity index (χ0) is 13.7. The van der Waals surface area contributed by atoms with Gasteiger partial charge in [-0.15, -0.1) is 11.8 Å². The van der Waals surface area contributed by atoms with E-state index >= 15 is 0 Å². The number of hydrogen-bond donors (Lipinski definition) is 1. The SMILES string of the molecule is COc1ccc(CSCc2ccco2)cc1C(=O)O. The van der Waals surface area contributed by atoms with Crippen molar-refractivity contribution in [1.82, 2.24) is 0 Å². The van der Waals surface area contributed by atoms with E-state index in [1.165, 1.54) is 7.11 Å². The van der Waals surface area contributed by atoms with Crippen LogP contribution in [0.3, 0.4) is 0 Å². The lowest BCUT2D eigenvalue weighted by molar-refractivity contribution is 0.0693. The summed E-state index contributed by atoms with van der Waals surface area (Å²) >= 11 is 1.67. The van der Waals surface area contributed by atoms with Crippen molar-refractivity contribution in [3.05, 3.63) is 53.5 Å². The molecule has 0 saturated carbocycles. The fraction of sp³-hybridized carbons (Fsp3) is 0.214. The number of thioether (sulfide) groups is 1. The first-order valence-corrected chi connectivity index (χ1v) is 6.86. The first kappa shape index (κ1) is 13.5. The van der Waals surface area contributed by atoms with Gasteiger partial charge in [0.1, 0.15) is 17.1 Å². The van der Waals surface area contributed by atoms with E-state index in [-0.39, 0.29) is 5.56 Å². The average molecular weight is 278 g/mol. The number of carboxylic acids is 1. The van der Waals surface area contributed by atoms with Crippen molar-refractivity contribution in [2.45, 2.75) is 11.5 Å². The summed E-state index contributed by atoms with van der Waals surface area (Å²) in [5.41, 5.74) is 1.15. The summed E-state index contributed by atoms with van der Waals surface area (Å²) in [6.45, 7) is 0. The lowest BCUT2D eigenvalue weighted by Gasteiger charge is -2.07. The van der Waals surface area contributed by atoms with Crippen LogP contribution in [0.4, 0.5) is 0 Å². The van der Waals surface area contributed by atoms with E-state index in [2.05, 4.69) is 0 Å². The lowest BCUT2D eigenvalue weighted by atomic mass is 10.1. The van der Waals surface area contributed by atoms with Gasteiger partial charge in [0.25, 0.3) is 0 Å². The minimum atomic E-state index is -0.977. The van der Waals surface area contributed by atoms with Gasteiger partial charge in [0.05, 0.1) is 19.1 Å². The number of carbonyl (C=O) groups is 1. The third kappa shape index (κ3) is 3.54. The summed E-state index contributed by atoms with van der Waals surface area (Å²) in [6, 6.07) is 8.98. The number of carboxylic acid groups (broad SMARTS) is 1. The first-order valence-electron chi connectivity index (χ1n) is 5.71. The number of rotatable bonds is 6. The number of methoxy groups -OCH3 is 1. The molecule has 0 spiro atoms. The van der Waals surface area contributed by atoms with Crippen molar-refractivity contribution in [2.75, 3.05) is 7.11 Å². The van der Waals surface area contributed by atoms with Crippen molar-refractivity contribution in [1.29, 1.82) is 0 Å². The molecule has 4 nitrogen and oxygen atoms in total. The highest BCUT2D eigenvalue weighted by atomic mass is 32.2. The van der Waals surface area contributed by atoms with E-state index in [4.69, 9.17) is 14.3 Å². The fourth-order valence-corrected chi connectivity index (χ4v) is 2.56. The topological polar surface area (TPSA) is 59.7 Å². The van der Waals surface area contributed by atoms with Crippen LogP contribution >= 0.6 is 11.8 Å². The van der Waals surface area contributed by atoms with Crippen LogP contribution in [-0.4, -0.2) is 18.2 Å². The molecular formula is C14H14O4S. The number of ether oxygens (including phenoxy) is 1.